The molecule has 2 aromatic carbocycles. The standard InChI is InChI=1S/C24H22F2N2O4/c1-5-17-21(18(6-2)32-28-17)14-11-20-15(10-19(14)30-4)22(24(29)27-3)23(31-20)13-8-7-12(25)9-16(13)26/h7-11H,5-6H2,1-4H3,(H,27,29). The number of carbonyl (C=O) groups excluding carboxylic acids is 1. The molecule has 0 spiro atoms. The Balaban J connectivity index is 2.05. The number of aryl methyl sites for hydroxylation is 2. The Morgan fingerprint density at radius 1 is 1.12 bits per heavy atom. The van der Waals surface area contributed by atoms with Crippen molar-refractivity contribution in [2.45, 2.75) is 26.7 Å². The predicted octanol–water partition coefficient (Wildman–Crippen LogP) is 5.53. The Kier molecular flexibility index (Phi) is 5.69. The first-order chi connectivity index (χ1) is 15.4. The number of fused-ring (bicyclic) bond motifs is 1. The highest BCUT2D eigenvalue weighted by Gasteiger charge is 2.27. The quantitative estimate of drug-likeness (QED) is 0.427. The average Bonchev–Trinajstić information content (AvgIpc) is 3.37. The van der Waals surface area contributed by atoms with Gasteiger partial charge in [0, 0.05) is 30.5 Å². The highest BCUT2D eigenvalue weighted by Crippen LogP contribution is 2.43. The number of hydrogen-bond acceptors (Lipinski definition) is 5. The van der Waals surface area contributed by atoms with Gasteiger partial charge in [-0.3, -0.25) is 4.79 Å². The fraction of sp³-hybridized carbons (Fsp3) is 0.250. The van der Waals surface area contributed by atoms with E-state index in [0.29, 0.717) is 40.9 Å². The van der Waals surface area contributed by atoms with Gasteiger partial charge in [0.25, 0.3) is 5.91 Å². The second-order valence-electron chi connectivity index (χ2n) is 7.19. The number of benzene rings is 2. The first kappa shape index (κ1) is 21.5. The molecule has 0 aliphatic rings. The summed E-state index contributed by atoms with van der Waals surface area (Å²) in [5, 5.41) is 7.15. The van der Waals surface area contributed by atoms with E-state index in [1.165, 1.54) is 20.2 Å². The van der Waals surface area contributed by atoms with Crippen LogP contribution in [0.2, 0.25) is 0 Å². The third-order valence-electron chi connectivity index (χ3n) is 5.40. The SMILES string of the molecule is CCc1noc(CC)c1-c1cc2oc(-c3ccc(F)cc3F)c(C(=O)NC)c2cc1OC. The predicted molar refractivity (Wildman–Crippen MR) is 116 cm³/mol. The first-order valence-corrected chi connectivity index (χ1v) is 10.2. The molecule has 2 aromatic heterocycles. The van der Waals surface area contributed by atoms with Crippen molar-refractivity contribution in [3.8, 4) is 28.2 Å². The Hall–Kier alpha value is -3.68. The smallest absolute Gasteiger partial charge is 0.255 e. The van der Waals surface area contributed by atoms with E-state index in [-0.39, 0.29) is 16.9 Å². The van der Waals surface area contributed by atoms with Crippen molar-refractivity contribution in [3.63, 3.8) is 0 Å². The minimum absolute atomic E-state index is 0.00722. The Morgan fingerprint density at radius 3 is 2.53 bits per heavy atom. The van der Waals surface area contributed by atoms with Gasteiger partial charge >= 0.3 is 0 Å². The number of rotatable bonds is 6. The number of hydrogen-bond donors (Lipinski definition) is 1. The zero-order chi connectivity index (χ0) is 23.0. The highest BCUT2D eigenvalue weighted by atomic mass is 19.1. The summed E-state index contributed by atoms with van der Waals surface area (Å²) in [6.45, 7) is 3.93. The summed E-state index contributed by atoms with van der Waals surface area (Å²) < 4.78 is 45.2. The number of aromatic nitrogens is 1. The Bertz CT molecular complexity index is 1300. The van der Waals surface area contributed by atoms with Crippen LogP contribution in [0.4, 0.5) is 8.78 Å². The van der Waals surface area contributed by atoms with Gasteiger partial charge in [0.15, 0.2) is 5.76 Å². The molecular formula is C24H22F2N2O4. The van der Waals surface area contributed by atoms with Crippen molar-refractivity contribution in [1.82, 2.24) is 10.5 Å². The molecule has 0 atom stereocenters. The van der Waals surface area contributed by atoms with E-state index < -0.39 is 17.5 Å². The van der Waals surface area contributed by atoms with E-state index in [0.717, 1.165) is 23.4 Å². The molecule has 0 radical (unpaired) electrons. The number of nitrogens with one attached hydrogen (secondary N) is 1. The molecular weight excluding hydrogens is 418 g/mol. The largest absolute Gasteiger partial charge is 0.496 e. The van der Waals surface area contributed by atoms with Crippen molar-refractivity contribution < 1.29 is 27.3 Å². The molecule has 0 fully saturated rings. The summed E-state index contributed by atoms with van der Waals surface area (Å²) in [5.74, 6) is -0.829. The van der Waals surface area contributed by atoms with Crippen molar-refractivity contribution in [1.29, 1.82) is 0 Å². The van der Waals surface area contributed by atoms with Gasteiger partial charge in [-0.15, -0.1) is 0 Å². The van der Waals surface area contributed by atoms with Crippen LogP contribution in [0.15, 0.2) is 39.3 Å². The lowest BCUT2D eigenvalue weighted by Crippen LogP contribution is -2.18. The summed E-state index contributed by atoms with van der Waals surface area (Å²) in [4.78, 5) is 12.7. The maximum Gasteiger partial charge on any atom is 0.255 e. The summed E-state index contributed by atoms with van der Waals surface area (Å²) in [6, 6.07) is 6.52. The van der Waals surface area contributed by atoms with Gasteiger partial charge in [-0.25, -0.2) is 8.78 Å². The maximum absolute atomic E-state index is 14.6. The van der Waals surface area contributed by atoms with E-state index in [9.17, 15) is 13.6 Å². The van der Waals surface area contributed by atoms with E-state index in [4.69, 9.17) is 13.7 Å². The third-order valence-corrected chi connectivity index (χ3v) is 5.40. The molecule has 0 saturated carbocycles. The summed E-state index contributed by atoms with van der Waals surface area (Å²) in [7, 11) is 2.99. The van der Waals surface area contributed by atoms with Crippen molar-refractivity contribution >= 4 is 16.9 Å². The second kappa shape index (κ2) is 8.45. The first-order valence-electron chi connectivity index (χ1n) is 10.2. The van der Waals surface area contributed by atoms with Gasteiger partial charge < -0.3 is 19.0 Å². The number of halogens is 2. The lowest BCUT2D eigenvalue weighted by Gasteiger charge is -2.10. The van der Waals surface area contributed by atoms with Crippen LogP contribution in [0.5, 0.6) is 5.75 Å². The molecule has 0 aliphatic carbocycles. The molecule has 32 heavy (non-hydrogen) atoms. The van der Waals surface area contributed by atoms with Crippen molar-refractivity contribution in [2.24, 2.45) is 0 Å². The molecule has 1 amide bonds. The van der Waals surface area contributed by atoms with E-state index in [2.05, 4.69) is 10.5 Å². The monoisotopic (exact) mass is 440 g/mol. The topological polar surface area (TPSA) is 77.5 Å². The molecule has 0 unspecified atom stereocenters. The summed E-state index contributed by atoms with van der Waals surface area (Å²) in [6.07, 6.45) is 1.27. The van der Waals surface area contributed by atoms with Crippen molar-refractivity contribution in [3.05, 3.63) is 59.0 Å². The molecule has 0 bridgehead atoms. The molecule has 6 nitrogen and oxygen atoms in total. The molecule has 166 valence electrons. The number of carbonyl (C=O) groups is 1. The van der Waals surface area contributed by atoms with E-state index >= 15 is 0 Å². The summed E-state index contributed by atoms with van der Waals surface area (Å²) in [5.41, 5.74) is 2.73. The number of furan rings is 1. The maximum atomic E-state index is 14.6. The molecule has 4 aromatic rings. The van der Waals surface area contributed by atoms with Crippen LogP contribution in [0, 0.1) is 11.6 Å². The van der Waals surface area contributed by atoms with Gasteiger partial charge in [-0.1, -0.05) is 19.0 Å². The van der Waals surface area contributed by atoms with Crippen LogP contribution in [0.1, 0.15) is 35.7 Å². The van der Waals surface area contributed by atoms with Gasteiger partial charge in [0.05, 0.1) is 29.5 Å². The third kappa shape index (κ3) is 3.41. The van der Waals surface area contributed by atoms with Gasteiger partial charge in [-0.05, 0) is 30.7 Å². The normalized spacial score (nSPS) is 11.2. The minimum Gasteiger partial charge on any atom is -0.496 e. The highest BCUT2D eigenvalue weighted by molar-refractivity contribution is 6.12. The van der Waals surface area contributed by atoms with Gasteiger partial charge in [0.2, 0.25) is 0 Å². The fourth-order valence-electron chi connectivity index (χ4n) is 3.85. The minimum atomic E-state index is -0.832. The molecule has 0 saturated heterocycles. The van der Waals surface area contributed by atoms with Crippen LogP contribution >= 0.6 is 0 Å². The molecule has 8 heteroatoms. The molecule has 2 heterocycles. The van der Waals surface area contributed by atoms with Crippen molar-refractivity contribution in [2.75, 3.05) is 14.2 Å². The van der Waals surface area contributed by atoms with Crippen LogP contribution in [0.25, 0.3) is 33.4 Å². The Morgan fingerprint density at radius 2 is 1.91 bits per heavy atom. The lowest BCUT2D eigenvalue weighted by molar-refractivity contribution is 0.0964. The van der Waals surface area contributed by atoms with E-state index in [1.807, 2.05) is 13.8 Å². The average molecular weight is 440 g/mol. The second-order valence-corrected chi connectivity index (χ2v) is 7.19. The van der Waals surface area contributed by atoms with Gasteiger partial charge in [0.1, 0.15) is 28.7 Å². The van der Waals surface area contributed by atoms with Crippen LogP contribution in [-0.2, 0) is 12.8 Å². The zero-order valence-corrected chi connectivity index (χ0v) is 18.1. The van der Waals surface area contributed by atoms with Gasteiger partial charge in [-0.2, -0.15) is 0 Å². The Labute approximate surface area is 183 Å². The molecule has 0 aliphatic heterocycles. The molecule has 4 rings (SSSR count). The number of methoxy groups -OCH3 is 1. The number of nitrogens with zero attached hydrogens (tertiary/aromatic N) is 1. The lowest BCUT2D eigenvalue weighted by atomic mass is 9.97. The van der Waals surface area contributed by atoms with Crippen LogP contribution < -0.4 is 10.1 Å². The summed E-state index contributed by atoms with van der Waals surface area (Å²) >= 11 is 0. The number of ether oxygens (including phenoxy) is 1. The fourth-order valence-corrected chi connectivity index (χ4v) is 3.85. The van der Waals surface area contributed by atoms with E-state index in [1.54, 1.807) is 12.1 Å². The molecule has 1 N–H and O–H groups in total. The zero-order valence-electron chi connectivity index (χ0n) is 18.1. The number of amides is 1. The van der Waals surface area contributed by atoms with Crippen LogP contribution in [-0.4, -0.2) is 25.2 Å². The van der Waals surface area contributed by atoms with Crippen LogP contribution in [0.3, 0.4) is 0 Å².